The summed E-state index contributed by atoms with van der Waals surface area (Å²) >= 11 is 0. The van der Waals surface area contributed by atoms with Gasteiger partial charge in [0.2, 0.25) is 0 Å². The van der Waals surface area contributed by atoms with Crippen molar-refractivity contribution in [1.29, 1.82) is 0 Å². The third-order valence-corrected chi connectivity index (χ3v) is 4.56. The highest BCUT2D eigenvalue weighted by Gasteiger charge is 2.36. The van der Waals surface area contributed by atoms with E-state index in [1.807, 2.05) is 14.1 Å². The summed E-state index contributed by atoms with van der Waals surface area (Å²) in [6.45, 7) is 3.89. The molecule has 0 spiro atoms. The molecule has 6 heteroatoms. The third kappa shape index (κ3) is 4.10. The molecule has 1 saturated carbocycles. The number of hydrogen-bond acceptors (Lipinski definition) is 3. The molecular formula is C14H27N3O3. The van der Waals surface area contributed by atoms with E-state index < -0.39 is 17.9 Å². The third-order valence-electron chi connectivity index (χ3n) is 4.56. The van der Waals surface area contributed by atoms with E-state index in [1.54, 1.807) is 13.8 Å². The summed E-state index contributed by atoms with van der Waals surface area (Å²) in [6.07, 6.45) is 4.55. The van der Waals surface area contributed by atoms with E-state index in [0.29, 0.717) is 6.54 Å². The van der Waals surface area contributed by atoms with Gasteiger partial charge in [0.25, 0.3) is 0 Å². The second-order valence-electron chi connectivity index (χ2n) is 6.07. The molecule has 0 heterocycles. The lowest BCUT2D eigenvalue weighted by atomic mass is 9.96. The molecule has 0 aromatic rings. The predicted molar refractivity (Wildman–Crippen MR) is 77.7 cm³/mol. The molecule has 6 nitrogen and oxygen atoms in total. The SMILES string of the molecule is CC(NC(=O)NCC1(N(C)C)CCCC1)C(C)C(=O)O. The van der Waals surface area contributed by atoms with Gasteiger partial charge in [-0.05, 0) is 40.8 Å². The molecule has 1 aliphatic carbocycles. The quantitative estimate of drug-likeness (QED) is 0.686. The van der Waals surface area contributed by atoms with Crippen LogP contribution in [0.2, 0.25) is 0 Å². The number of amides is 2. The molecule has 2 atom stereocenters. The van der Waals surface area contributed by atoms with Crippen molar-refractivity contribution in [3.05, 3.63) is 0 Å². The maximum atomic E-state index is 11.9. The number of carbonyl (C=O) groups excluding carboxylic acids is 1. The first-order valence-corrected chi connectivity index (χ1v) is 7.23. The molecule has 0 bridgehead atoms. The van der Waals surface area contributed by atoms with Crippen molar-refractivity contribution in [3.63, 3.8) is 0 Å². The topological polar surface area (TPSA) is 81.7 Å². The van der Waals surface area contributed by atoms with Crippen molar-refractivity contribution in [2.75, 3.05) is 20.6 Å². The first-order valence-electron chi connectivity index (χ1n) is 7.23. The molecule has 0 aliphatic heterocycles. The van der Waals surface area contributed by atoms with E-state index >= 15 is 0 Å². The Bertz CT molecular complexity index is 352. The first kappa shape index (κ1) is 16.8. The number of nitrogens with one attached hydrogen (secondary N) is 2. The van der Waals surface area contributed by atoms with E-state index in [9.17, 15) is 9.59 Å². The minimum atomic E-state index is -0.904. The lowest BCUT2D eigenvalue weighted by Crippen LogP contribution is -2.54. The second kappa shape index (κ2) is 6.92. The molecule has 3 N–H and O–H groups in total. The van der Waals surface area contributed by atoms with Gasteiger partial charge in [0.05, 0.1) is 5.92 Å². The van der Waals surface area contributed by atoms with Crippen LogP contribution in [-0.2, 0) is 4.79 Å². The summed E-state index contributed by atoms with van der Waals surface area (Å²) in [5, 5.41) is 14.5. The van der Waals surface area contributed by atoms with Gasteiger partial charge in [-0.2, -0.15) is 0 Å². The summed E-state index contributed by atoms with van der Waals surface area (Å²) in [7, 11) is 4.08. The van der Waals surface area contributed by atoms with E-state index in [1.165, 1.54) is 12.8 Å². The zero-order valence-electron chi connectivity index (χ0n) is 12.9. The van der Waals surface area contributed by atoms with Gasteiger partial charge >= 0.3 is 12.0 Å². The average Bonchev–Trinajstić information content (AvgIpc) is 2.85. The highest BCUT2D eigenvalue weighted by molar-refractivity contribution is 5.76. The van der Waals surface area contributed by atoms with Crippen molar-refractivity contribution in [2.24, 2.45) is 5.92 Å². The Kier molecular flexibility index (Phi) is 5.80. The molecule has 0 aromatic heterocycles. The Morgan fingerprint density at radius 3 is 2.25 bits per heavy atom. The standard InChI is InChI=1S/C14H27N3O3/c1-10(12(18)19)11(2)16-13(20)15-9-14(17(3)4)7-5-6-8-14/h10-11H,5-9H2,1-4H3,(H,18,19)(H2,15,16,20). The molecule has 20 heavy (non-hydrogen) atoms. The maximum Gasteiger partial charge on any atom is 0.315 e. The van der Waals surface area contributed by atoms with Gasteiger partial charge < -0.3 is 20.6 Å². The minimum absolute atomic E-state index is 0.0407. The van der Waals surface area contributed by atoms with Crippen LogP contribution in [-0.4, -0.2) is 54.2 Å². The summed E-state index contributed by atoms with van der Waals surface area (Å²) in [6, 6.07) is -0.690. The fraction of sp³-hybridized carbons (Fsp3) is 0.857. The molecule has 116 valence electrons. The predicted octanol–water partition coefficient (Wildman–Crippen LogP) is 1.27. The number of urea groups is 1. The number of nitrogens with zero attached hydrogens (tertiary/aromatic N) is 1. The van der Waals surface area contributed by atoms with Crippen LogP contribution in [0.15, 0.2) is 0 Å². The number of likely N-dealkylation sites (N-methyl/N-ethyl adjacent to an activating group) is 1. The molecule has 0 radical (unpaired) electrons. The van der Waals surface area contributed by atoms with Gasteiger partial charge in [0, 0.05) is 18.1 Å². The number of rotatable bonds is 6. The molecule has 0 saturated heterocycles. The second-order valence-corrected chi connectivity index (χ2v) is 6.07. The van der Waals surface area contributed by atoms with E-state index in [2.05, 4.69) is 15.5 Å². The number of hydrogen-bond donors (Lipinski definition) is 3. The Morgan fingerprint density at radius 2 is 1.80 bits per heavy atom. The van der Waals surface area contributed by atoms with Gasteiger partial charge in [-0.15, -0.1) is 0 Å². The molecule has 0 aromatic carbocycles. The van der Waals surface area contributed by atoms with Crippen LogP contribution in [0.3, 0.4) is 0 Å². The van der Waals surface area contributed by atoms with Gasteiger partial charge in [-0.3, -0.25) is 4.79 Å². The molecule has 2 unspecified atom stereocenters. The van der Waals surface area contributed by atoms with Crippen molar-refractivity contribution >= 4 is 12.0 Å². The van der Waals surface area contributed by atoms with Crippen LogP contribution in [0, 0.1) is 5.92 Å². The fourth-order valence-electron chi connectivity index (χ4n) is 2.66. The molecule has 1 fully saturated rings. The van der Waals surface area contributed by atoms with Crippen molar-refractivity contribution in [1.82, 2.24) is 15.5 Å². The Labute approximate surface area is 120 Å². The van der Waals surface area contributed by atoms with Crippen molar-refractivity contribution < 1.29 is 14.7 Å². The number of carboxylic acids is 1. The van der Waals surface area contributed by atoms with E-state index in [-0.39, 0.29) is 11.6 Å². The van der Waals surface area contributed by atoms with Gasteiger partial charge in [-0.1, -0.05) is 12.8 Å². The average molecular weight is 285 g/mol. The molecule has 2 amide bonds. The Balaban J connectivity index is 2.45. The number of carboxylic acid groups (broad SMARTS) is 1. The first-order chi connectivity index (χ1) is 9.28. The minimum Gasteiger partial charge on any atom is -0.481 e. The molecule has 1 rings (SSSR count). The van der Waals surface area contributed by atoms with Crippen LogP contribution in [0.5, 0.6) is 0 Å². The van der Waals surface area contributed by atoms with Gasteiger partial charge in [0.15, 0.2) is 0 Å². The van der Waals surface area contributed by atoms with Crippen LogP contribution >= 0.6 is 0 Å². The highest BCUT2D eigenvalue weighted by Crippen LogP contribution is 2.32. The van der Waals surface area contributed by atoms with Gasteiger partial charge in [-0.25, -0.2) is 4.79 Å². The fourth-order valence-corrected chi connectivity index (χ4v) is 2.66. The summed E-state index contributed by atoms with van der Waals surface area (Å²) < 4.78 is 0. The smallest absolute Gasteiger partial charge is 0.315 e. The normalized spacial score (nSPS) is 20.4. The number of carbonyl (C=O) groups is 2. The largest absolute Gasteiger partial charge is 0.481 e. The monoisotopic (exact) mass is 285 g/mol. The van der Waals surface area contributed by atoms with Gasteiger partial charge in [0.1, 0.15) is 0 Å². The van der Waals surface area contributed by atoms with Crippen molar-refractivity contribution in [2.45, 2.75) is 51.1 Å². The highest BCUT2D eigenvalue weighted by atomic mass is 16.4. The summed E-state index contributed by atoms with van der Waals surface area (Å²) in [5.74, 6) is -1.51. The number of aliphatic carboxylic acids is 1. The maximum absolute atomic E-state index is 11.9. The zero-order valence-corrected chi connectivity index (χ0v) is 12.9. The zero-order chi connectivity index (χ0) is 15.3. The van der Waals surface area contributed by atoms with Crippen LogP contribution in [0.25, 0.3) is 0 Å². The van der Waals surface area contributed by atoms with E-state index in [4.69, 9.17) is 5.11 Å². The van der Waals surface area contributed by atoms with E-state index in [0.717, 1.165) is 12.8 Å². The van der Waals surface area contributed by atoms with Crippen molar-refractivity contribution in [3.8, 4) is 0 Å². The summed E-state index contributed by atoms with van der Waals surface area (Å²) in [4.78, 5) is 24.9. The van der Waals surface area contributed by atoms with Crippen LogP contribution in [0.1, 0.15) is 39.5 Å². The summed E-state index contributed by atoms with van der Waals surface area (Å²) in [5.41, 5.74) is 0.0407. The molecule has 1 aliphatic rings. The Morgan fingerprint density at radius 1 is 1.25 bits per heavy atom. The lowest BCUT2D eigenvalue weighted by molar-refractivity contribution is -0.141. The Hall–Kier alpha value is -1.30. The lowest BCUT2D eigenvalue weighted by Gasteiger charge is -2.36. The van der Waals surface area contributed by atoms with Crippen LogP contribution < -0.4 is 10.6 Å². The molecular weight excluding hydrogens is 258 g/mol. The van der Waals surface area contributed by atoms with Crippen LogP contribution in [0.4, 0.5) is 4.79 Å².